The molecule has 108 valence electrons. The molecule has 1 fully saturated rings. The van der Waals surface area contributed by atoms with Gasteiger partial charge >= 0.3 is 0 Å². The van der Waals surface area contributed by atoms with Gasteiger partial charge in [-0.05, 0) is 37.5 Å². The number of halogens is 1. The summed E-state index contributed by atoms with van der Waals surface area (Å²) in [6, 6.07) is 6.39. The molecule has 3 nitrogen and oxygen atoms in total. The lowest BCUT2D eigenvalue weighted by Gasteiger charge is -2.20. The Kier molecular flexibility index (Phi) is 3.31. The van der Waals surface area contributed by atoms with Crippen molar-refractivity contribution in [2.75, 3.05) is 6.54 Å². The third kappa shape index (κ3) is 2.51. The molecule has 0 atom stereocenters. The molecule has 1 aromatic heterocycles. The lowest BCUT2D eigenvalue weighted by Crippen LogP contribution is -2.26. The Bertz CT molecular complexity index is 707. The van der Waals surface area contributed by atoms with Crippen molar-refractivity contribution in [2.45, 2.75) is 38.6 Å². The molecule has 1 N–H and O–H groups in total. The second-order valence-electron chi connectivity index (χ2n) is 6.04. The minimum Gasteiger partial charge on any atom is -0.312 e. The van der Waals surface area contributed by atoms with Gasteiger partial charge in [-0.1, -0.05) is 22.0 Å². The third-order valence-corrected chi connectivity index (χ3v) is 4.95. The van der Waals surface area contributed by atoms with Gasteiger partial charge in [-0.25, -0.2) is 9.97 Å². The van der Waals surface area contributed by atoms with Gasteiger partial charge in [-0.3, -0.25) is 0 Å². The van der Waals surface area contributed by atoms with Crippen LogP contribution in [-0.2, 0) is 13.0 Å². The van der Waals surface area contributed by atoms with Crippen molar-refractivity contribution in [3.8, 4) is 11.4 Å². The van der Waals surface area contributed by atoms with Crippen LogP contribution in [0.3, 0.4) is 0 Å². The lowest BCUT2D eigenvalue weighted by atomic mass is 10.0. The van der Waals surface area contributed by atoms with Crippen molar-refractivity contribution in [3.63, 3.8) is 0 Å². The number of nitrogens with zero attached hydrogens (tertiary/aromatic N) is 2. The molecule has 1 aliphatic heterocycles. The van der Waals surface area contributed by atoms with Crippen LogP contribution in [0, 0.1) is 6.92 Å². The van der Waals surface area contributed by atoms with Crippen molar-refractivity contribution in [1.82, 2.24) is 15.3 Å². The van der Waals surface area contributed by atoms with Gasteiger partial charge in [0.2, 0.25) is 0 Å². The van der Waals surface area contributed by atoms with Gasteiger partial charge in [0.05, 0.1) is 11.4 Å². The number of fused-ring (bicyclic) bond motifs is 1. The van der Waals surface area contributed by atoms with Crippen molar-refractivity contribution in [1.29, 1.82) is 0 Å². The highest BCUT2D eigenvalue weighted by atomic mass is 79.9. The topological polar surface area (TPSA) is 37.8 Å². The summed E-state index contributed by atoms with van der Waals surface area (Å²) in [5.74, 6) is 1.54. The van der Waals surface area contributed by atoms with E-state index in [2.05, 4.69) is 46.4 Å². The monoisotopic (exact) mass is 343 g/mol. The number of benzene rings is 1. The second-order valence-corrected chi connectivity index (χ2v) is 6.90. The molecule has 2 heterocycles. The van der Waals surface area contributed by atoms with E-state index in [1.54, 1.807) is 0 Å². The Hall–Kier alpha value is -1.26. The molecule has 1 saturated carbocycles. The molecule has 1 aromatic carbocycles. The molecule has 21 heavy (non-hydrogen) atoms. The van der Waals surface area contributed by atoms with E-state index in [0.717, 1.165) is 35.4 Å². The molecule has 0 spiro atoms. The summed E-state index contributed by atoms with van der Waals surface area (Å²) >= 11 is 3.66. The molecule has 2 aliphatic rings. The maximum Gasteiger partial charge on any atom is 0.160 e. The van der Waals surface area contributed by atoms with E-state index in [1.165, 1.54) is 35.4 Å². The average Bonchev–Trinajstić information content (AvgIpc) is 3.30. The Balaban J connectivity index is 1.87. The van der Waals surface area contributed by atoms with Crippen LogP contribution in [0.2, 0.25) is 0 Å². The highest BCUT2D eigenvalue weighted by molar-refractivity contribution is 9.10. The third-order valence-electron chi connectivity index (χ3n) is 4.29. The summed E-state index contributed by atoms with van der Waals surface area (Å²) < 4.78 is 1.08. The number of rotatable bonds is 2. The van der Waals surface area contributed by atoms with Crippen LogP contribution in [0.1, 0.15) is 41.3 Å². The molecule has 4 heteroatoms. The number of hydrogen-bond donors (Lipinski definition) is 1. The molecule has 4 rings (SSSR count). The van der Waals surface area contributed by atoms with E-state index in [9.17, 15) is 0 Å². The summed E-state index contributed by atoms with van der Waals surface area (Å²) in [4.78, 5) is 9.79. The van der Waals surface area contributed by atoms with Gasteiger partial charge in [0.15, 0.2) is 5.82 Å². The van der Waals surface area contributed by atoms with E-state index >= 15 is 0 Å². The first kappa shape index (κ1) is 13.4. The Labute approximate surface area is 133 Å². The number of hydrogen-bond acceptors (Lipinski definition) is 3. The summed E-state index contributed by atoms with van der Waals surface area (Å²) in [6.07, 6.45) is 3.56. The fourth-order valence-corrected chi connectivity index (χ4v) is 3.66. The van der Waals surface area contributed by atoms with Crippen LogP contribution in [0.15, 0.2) is 22.7 Å². The normalized spacial score (nSPS) is 17.6. The van der Waals surface area contributed by atoms with Crippen molar-refractivity contribution >= 4 is 15.9 Å². The Morgan fingerprint density at radius 3 is 2.86 bits per heavy atom. The van der Waals surface area contributed by atoms with E-state index < -0.39 is 0 Å². The van der Waals surface area contributed by atoms with Crippen molar-refractivity contribution in [2.24, 2.45) is 0 Å². The summed E-state index contributed by atoms with van der Waals surface area (Å²) in [7, 11) is 0. The molecule has 0 unspecified atom stereocenters. The standard InChI is InChI=1S/C17H18BrN3/c1-10-2-5-12(14(18)8-10)17-20-15-6-7-19-9-13(15)16(21-17)11-3-4-11/h2,5,8,11,19H,3-4,6-7,9H2,1H3. The molecule has 2 aromatic rings. The van der Waals surface area contributed by atoms with Crippen LogP contribution < -0.4 is 5.32 Å². The fraction of sp³-hybridized carbons (Fsp3) is 0.412. The smallest absolute Gasteiger partial charge is 0.160 e. The predicted molar refractivity (Wildman–Crippen MR) is 87.3 cm³/mol. The summed E-state index contributed by atoms with van der Waals surface area (Å²) in [5.41, 5.74) is 6.23. The Morgan fingerprint density at radius 2 is 2.10 bits per heavy atom. The molecule has 0 amide bonds. The Morgan fingerprint density at radius 1 is 1.24 bits per heavy atom. The zero-order valence-electron chi connectivity index (χ0n) is 12.1. The quantitative estimate of drug-likeness (QED) is 0.902. The van der Waals surface area contributed by atoms with Crippen LogP contribution >= 0.6 is 15.9 Å². The molecule has 0 bridgehead atoms. The first-order chi connectivity index (χ1) is 10.2. The van der Waals surface area contributed by atoms with Gasteiger partial charge in [0.1, 0.15) is 0 Å². The van der Waals surface area contributed by atoms with Gasteiger partial charge in [-0.15, -0.1) is 0 Å². The van der Waals surface area contributed by atoms with Crippen LogP contribution in [0.5, 0.6) is 0 Å². The highest BCUT2D eigenvalue weighted by Gasteiger charge is 2.31. The summed E-state index contributed by atoms with van der Waals surface area (Å²) in [5, 5.41) is 3.45. The van der Waals surface area contributed by atoms with Crippen LogP contribution in [0.4, 0.5) is 0 Å². The SMILES string of the molecule is Cc1ccc(-c2nc3c(c(C4CC4)n2)CNCC3)c(Br)c1. The highest BCUT2D eigenvalue weighted by Crippen LogP contribution is 2.42. The minimum atomic E-state index is 0.657. The van der Waals surface area contributed by atoms with Gasteiger partial charge in [0, 0.05) is 41.0 Å². The fourth-order valence-electron chi connectivity index (χ4n) is 2.99. The minimum absolute atomic E-state index is 0.657. The first-order valence-electron chi connectivity index (χ1n) is 7.59. The summed E-state index contributed by atoms with van der Waals surface area (Å²) in [6.45, 7) is 4.04. The molecule has 1 aliphatic carbocycles. The molecular weight excluding hydrogens is 326 g/mol. The van der Waals surface area contributed by atoms with E-state index in [1.807, 2.05) is 0 Å². The van der Waals surface area contributed by atoms with Gasteiger partial charge in [-0.2, -0.15) is 0 Å². The van der Waals surface area contributed by atoms with Crippen molar-refractivity contribution in [3.05, 3.63) is 45.2 Å². The number of aromatic nitrogens is 2. The second kappa shape index (κ2) is 5.18. The predicted octanol–water partition coefficient (Wildman–Crippen LogP) is 3.74. The maximum atomic E-state index is 4.93. The van der Waals surface area contributed by atoms with Crippen LogP contribution in [0.25, 0.3) is 11.4 Å². The maximum absolute atomic E-state index is 4.93. The number of aryl methyl sites for hydroxylation is 1. The van der Waals surface area contributed by atoms with Gasteiger partial charge < -0.3 is 5.32 Å². The average molecular weight is 344 g/mol. The lowest BCUT2D eigenvalue weighted by molar-refractivity contribution is 0.617. The largest absolute Gasteiger partial charge is 0.312 e. The van der Waals surface area contributed by atoms with Crippen molar-refractivity contribution < 1.29 is 0 Å². The van der Waals surface area contributed by atoms with Crippen LogP contribution in [-0.4, -0.2) is 16.5 Å². The first-order valence-corrected chi connectivity index (χ1v) is 8.38. The molecule has 0 radical (unpaired) electrons. The van der Waals surface area contributed by atoms with Gasteiger partial charge in [0.25, 0.3) is 0 Å². The van der Waals surface area contributed by atoms with E-state index in [0.29, 0.717) is 5.92 Å². The van der Waals surface area contributed by atoms with E-state index in [4.69, 9.17) is 9.97 Å². The van der Waals surface area contributed by atoms with E-state index in [-0.39, 0.29) is 0 Å². The zero-order valence-corrected chi connectivity index (χ0v) is 13.7. The molecule has 0 saturated heterocycles. The zero-order chi connectivity index (χ0) is 14.4. The number of nitrogens with one attached hydrogen (secondary N) is 1. The molecular formula is C17H18BrN3.